The zero-order chi connectivity index (χ0) is 13.2. The van der Waals surface area contributed by atoms with Gasteiger partial charge in [0.15, 0.2) is 0 Å². The van der Waals surface area contributed by atoms with Crippen LogP contribution in [-0.2, 0) is 6.54 Å². The molecule has 0 N–H and O–H groups in total. The lowest BCUT2D eigenvalue weighted by Crippen LogP contribution is -2.58. The molecule has 2 aliphatic rings. The number of piperidine rings is 1. The average molecular weight is 279 g/mol. The van der Waals surface area contributed by atoms with Crippen LogP contribution in [-0.4, -0.2) is 41.5 Å². The molecule has 2 nitrogen and oxygen atoms in total. The van der Waals surface area contributed by atoms with E-state index in [1.54, 1.807) is 0 Å². The molecule has 3 rings (SSSR count). The Morgan fingerprint density at radius 1 is 1.16 bits per heavy atom. The minimum Gasteiger partial charge on any atom is -0.298 e. The van der Waals surface area contributed by atoms with Crippen molar-refractivity contribution in [3.05, 3.63) is 34.9 Å². The van der Waals surface area contributed by atoms with Crippen LogP contribution in [0.3, 0.4) is 0 Å². The molecule has 104 valence electrons. The molecule has 0 radical (unpaired) electrons. The van der Waals surface area contributed by atoms with Gasteiger partial charge in [-0.05, 0) is 44.0 Å². The van der Waals surface area contributed by atoms with Crippen LogP contribution in [0, 0.1) is 0 Å². The van der Waals surface area contributed by atoms with E-state index in [-0.39, 0.29) is 0 Å². The number of benzene rings is 1. The summed E-state index contributed by atoms with van der Waals surface area (Å²) in [4.78, 5) is 5.34. The zero-order valence-electron chi connectivity index (χ0n) is 11.7. The maximum absolute atomic E-state index is 5.95. The largest absolute Gasteiger partial charge is 0.298 e. The molecule has 3 heteroatoms. The van der Waals surface area contributed by atoms with Gasteiger partial charge in [0.1, 0.15) is 0 Å². The van der Waals surface area contributed by atoms with Crippen molar-refractivity contribution in [2.75, 3.05) is 19.6 Å². The van der Waals surface area contributed by atoms with Crippen LogP contribution in [0.5, 0.6) is 0 Å². The molecule has 2 unspecified atom stereocenters. The van der Waals surface area contributed by atoms with Gasteiger partial charge in [0.25, 0.3) is 0 Å². The topological polar surface area (TPSA) is 6.48 Å². The molecule has 2 atom stereocenters. The molecule has 0 aliphatic carbocycles. The van der Waals surface area contributed by atoms with Crippen molar-refractivity contribution in [1.82, 2.24) is 9.80 Å². The zero-order valence-corrected chi connectivity index (χ0v) is 12.4. The molecule has 2 heterocycles. The predicted octanol–water partition coefficient (Wildman–Crippen LogP) is 3.40. The highest BCUT2D eigenvalue weighted by Crippen LogP contribution is 2.25. The second-order valence-corrected chi connectivity index (χ2v) is 6.49. The standard InChI is InChI=1S/C16H23ClN2/c1-13-10-18-9-3-2-4-16(18)12-19(13)11-14-5-7-15(17)8-6-14/h5-8,13,16H,2-4,9-12H2,1H3. The molecule has 2 fully saturated rings. The molecule has 19 heavy (non-hydrogen) atoms. The maximum atomic E-state index is 5.95. The normalized spacial score (nSPS) is 29.2. The van der Waals surface area contributed by atoms with E-state index in [9.17, 15) is 0 Å². The minimum absolute atomic E-state index is 0.657. The fourth-order valence-corrected chi connectivity index (χ4v) is 3.58. The minimum atomic E-state index is 0.657. The number of hydrogen-bond donors (Lipinski definition) is 0. The summed E-state index contributed by atoms with van der Waals surface area (Å²) in [6.07, 6.45) is 4.18. The van der Waals surface area contributed by atoms with Crippen molar-refractivity contribution in [3.63, 3.8) is 0 Å². The molecular weight excluding hydrogens is 256 g/mol. The van der Waals surface area contributed by atoms with Crippen molar-refractivity contribution in [1.29, 1.82) is 0 Å². The van der Waals surface area contributed by atoms with E-state index in [4.69, 9.17) is 11.6 Å². The van der Waals surface area contributed by atoms with Gasteiger partial charge in [-0.3, -0.25) is 9.80 Å². The summed E-state index contributed by atoms with van der Waals surface area (Å²) in [6.45, 7) is 7.19. The first-order chi connectivity index (χ1) is 9.22. The SMILES string of the molecule is CC1CN2CCCCC2CN1Cc1ccc(Cl)cc1. The number of piperazine rings is 1. The van der Waals surface area contributed by atoms with Crippen molar-refractivity contribution in [2.24, 2.45) is 0 Å². The Labute approximate surface area is 121 Å². The van der Waals surface area contributed by atoms with Crippen LogP contribution < -0.4 is 0 Å². The lowest BCUT2D eigenvalue weighted by Gasteiger charge is -2.47. The number of hydrogen-bond acceptors (Lipinski definition) is 2. The third-order valence-electron chi connectivity index (χ3n) is 4.62. The highest BCUT2D eigenvalue weighted by atomic mass is 35.5. The maximum Gasteiger partial charge on any atom is 0.0406 e. The Hall–Kier alpha value is -0.570. The van der Waals surface area contributed by atoms with Crippen LogP contribution in [0.25, 0.3) is 0 Å². The van der Waals surface area contributed by atoms with Crippen molar-refractivity contribution < 1.29 is 0 Å². The van der Waals surface area contributed by atoms with E-state index in [0.29, 0.717) is 6.04 Å². The molecule has 0 saturated carbocycles. The summed E-state index contributed by atoms with van der Waals surface area (Å²) in [5.41, 5.74) is 1.38. The van der Waals surface area contributed by atoms with E-state index in [0.717, 1.165) is 17.6 Å². The molecular formula is C16H23ClN2. The molecule has 0 amide bonds. The smallest absolute Gasteiger partial charge is 0.0406 e. The van der Waals surface area contributed by atoms with Gasteiger partial charge in [0.05, 0.1) is 0 Å². The van der Waals surface area contributed by atoms with E-state index >= 15 is 0 Å². The predicted molar refractivity (Wildman–Crippen MR) is 80.5 cm³/mol. The Balaban J connectivity index is 1.65. The highest BCUT2D eigenvalue weighted by Gasteiger charge is 2.32. The Morgan fingerprint density at radius 3 is 2.74 bits per heavy atom. The lowest BCUT2D eigenvalue weighted by molar-refractivity contribution is 0.0111. The summed E-state index contributed by atoms with van der Waals surface area (Å²) in [6, 6.07) is 9.75. The fraction of sp³-hybridized carbons (Fsp3) is 0.625. The van der Waals surface area contributed by atoms with Gasteiger partial charge in [-0.1, -0.05) is 30.2 Å². The van der Waals surface area contributed by atoms with E-state index in [2.05, 4.69) is 28.9 Å². The van der Waals surface area contributed by atoms with Crippen LogP contribution in [0.15, 0.2) is 24.3 Å². The molecule has 0 spiro atoms. The van der Waals surface area contributed by atoms with Crippen molar-refractivity contribution >= 4 is 11.6 Å². The summed E-state index contributed by atoms with van der Waals surface area (Å²) >= 11 is 5.95. The number of fused-ring (bicyclic) bond motifs is 1. The third-order valence-corrected chi connectivity index (χ3v) is 4.87. The van der Waals surface area contributed by atoms with Crippen LogP contribution in [0.1, 0.15) is 31.7 Å². The van der Waals surface area contributed by atoms with Gasteiger partial charge in [-0.15, -0.1) is 0 Å². The first-order valence-corrected chi connectivity index (χ1v) is 7.83. The van der Waals surface area contributed by atoms with Crippen molar-refractivity contribution in [2.45, 2.75) is 44.8 Å². The second-order valence-electron chi connectivity index (χ2n) is 6.05. The van der Waals surface area contributed by atoms with Gasteiger partial charge < -0.3 is 0 Å². The van der Waals surface area contributed by atoms with Gasteiger partial charge in [0, 0.05) is 36.7 Å². The summed E-state index contributed by atoms with van der Waals surface area (Å²) in [5, 5.41) is 0.828. The molecule has 1 aromatic carbocycles. The van der Waals surface area contributed by atoms with Crippen LogP contribution in [0.2, 0.25) is 5.02 Å². The van der Waals surface area contributed by atoms with Gasteiger partial charge >= 0.3 is 0 Å². The molecule has 0 aromatic heterocycles. The monoisotopic (exact) mass is 278 g/mol. The highest BCUT2D eigenvalue weighted by molar-refractivity contribution is 6.30. The first kappa shape index (κ1) is 13.4. The van der Waals surface area contributed by atoms with E-state index in [1.165, 1.54) is 44.5 Å². The van der Waals surface area contributed by atoms with Crippen molar-refractivity contribution in [3.8, 4) is 0 Å². The molecule has 2 aliphatic heterocycles. The third kappa shape index (κ3) is 3.13. The van der Waals surface area contributed by atoms with E-state index < -0.39 is 0 Å². The summed E-state index contributed by atoms with van der Waals surface area (Å²) in [7, 11) is 0. The fourth-order valence-electron chi connectivity index (χ4n) is 3.46. The van der Waals surface area contributed by atoms with Gasteiger partial charge in [0.2, 0.25) is 0 Å². The van der Waals surface area contributed by atoms with Crippen LogP contribution >= 0.6 is 11.6 Å². The molecule has 0 bridgehead atoms. The average Bonchev–Trinajstić information content (AvgIpc) is 2.42. The summed E-state index contributed by atoms with van der Waals surface area (Å²) in [5.74, 6) is 0. The molecule has 1 aromatic rings. The second kappa shape index (κ2) is 5.82. The van der Waals surface area contributed by atoms with Crippen LogP contribution in [0.4, 0.5) is 0 Å². The Kier molecular flexibility index (Phi) is 4.11. The number of nitrogens with zero attached hydrogens (tertiary/aromatic N) is 2. The summed E-state index contributed by atoms with van der Waals surface area (Å²) < 4.78 is 0. The van der Waals surface area contributed by atoms with Gasteiger partial charge in [-0.25, -0.2) is 0 Å². The number of rotatable bonds is 2. The van der Waals surface area contributed by atoms with E-state index in [1.807, 2.05) is 12.1 Å². The van der Waals surface area contributed by atoms with Gasteiger partial charge in [-0.2, -0.15) is 0 Å². The lowest BCUT2D eigenvalue weighted by atomic mass is 9.97. The first-order valence-electron chi connectivity index (χ1n) is 7.45. The quantitative estimate of drug-likeness (QED) is 0.818. The Morgan fingerprint density at radius 2 is 1.95 bits per heavy atom. The number of halogens is 1. The Bertz CT molecular complexity index is 417. The molecule has 2 saturated heterocycles.